The molecule has 7 heteroatoms. The van der Waals surface area contributed by atoms with Gasteiger partial charge in [-0.15, -0.1) is 0 Å². The summed E-state index contributed by atoms with van der Waals surface area (Å²) in [5, 5.41) is 8.52. The molecule has 0 aliphatic rings. The lowest BCUT2D eigenvalue weighted by Crippen LogP contribution is -2.14. The fourth-order valence-corrected chi connectivity index (χ4v) is 0.771. The van der Waals surface area contributed by atoms with Crippen molar-refractivity contribution < 1.29 is 17.9 Å². The summed E-state index contributed by atoms with van der Waals surface area (Å²) in [4.78, 5) is 7.18. The van der Waals surface area contributed by atoms with E-state index in [0.29, 0.717) is 0 Å². The molecule has 1 aromatic heterocycles. The van der Waals surface area contributed by atoms with Gasteiger partial charge in [0.15, 0.2) is 0 Å². The largest absolute Gasteiger partial charge is 0.475 e. The van der Waals surface area contributed by atoms with Gasteiger partial charge in [-0.05, 0) is 0 Å². The van der Waals surface area contributed by atoms with Crippen LogP contribution in [-0.4, -0.2) is 22.8 Å². The average molecular weight is 217 g/mol. The molecule has 0 aliphatic carbocycles. The number of halogens is 3. The summed E-state index contributed by atoms with van der Waals surface area (Å²) in [5.74, 6) is -0.177. The Hall–Kier alpha value is -1.84. The molecule has 0 saturated carbocycles. The van der Waals surface area contributed by atoms with E-state index in [2.05, 4.69) is 14.7 Å². The number of hydrogen-bond donors (Lipinski definition) is 0. The first-order chi connectivity index (χ1) is 7.03. The van der Waals surface area contributed by atoms with Gasteiger partial charge in [-0.3, -0.25) is 0 Å². The minimum atomic E-state index is -4.28. The number of aromatic nitrogens is 2. The van der Waals surface area contributed by atoms with Crippen molar-refractivity contribution in [2.45, 2.75) is 12.6 Å². The van der Waals surface area contributed by atoms with Crippen LogP contribution in [0.1, 0.15) is 12.1 Å². The van der Waals surface area contributed by atoms with Gasteiger partial charge in [0.1, 0.15) is 6.07 Å². The van der Waals surface area contributed by atoms with Gasteiger partial charge < -0.3 is 4.74 Å². The predicted molar refractivity (Wildman–Crippen MR) is 42.9 cm³/mol. The third-order valence-corrected chi connectivity index (χ3v) is 1.39. The van der Waals surface area contributed by atoms with Crippen LogP contribution in [0, 0.1) is 11.3 Å². The first-order valence-electron chi connectivity index (χ1n) is 3.93. The maximum absolute atomic E-state index is 11.8. The van der Waals surface area contributed by atoms with E-state index in [0.717, 1.165) is 0 Å². The van der Waals surface area contributed by atoms with Crippen molar-refractivity contribution in [1.82, 2.24) is 9.97 Å². The zero-order chi connectivity index (χ0) is 11.3. The van der Waals surface area contributed by atoms with Crippen molar-refractivity contribution in [3.8, 4) is 11.9 Å². The summed E-state index contributed by atoms with van der Waals surface area (Å²) >= 11 is 0. The highest BCUT2D eigenvalue weighted by atomic mass is 19.4. The summed E-state index contributed by atoms with van der Waals surface area (Å²) in [6.45, 7) is -0.573. The van der Waals surface area contributed by atoms with Crippen LogP contribution in [-0.2, 0) is 0 Å². The minimum absolute atomic E-state index is 0.125. The van der Waals surface area contributed by atoms with Gasteiger partial charge >= 0.3 is 6.18 Å². The molecule has 0 aliphatic heterocycles. The second kappa shape index (κ2) is 4.59. The zero-order valence-corrected chi connectivity index (χ0v) is 7.45. The van der Waals surface area contributed by atoms with Gasteiger partial charge in [0.2, 0.25) is 5.69 Å². The van der Waals surface area contributed by atoms with E-state index in [4.69, 9.17) is 5.26 Å². The minimum Gasteiger partial charge on any atom is -0.475 e. The van der Waals surface area contributed by atoms with Crippen LogP contribution in [0.15, 0.2) is 12.4 Å². The Morgan fingerprint density at radius 1 is 1.33 bits per heavy atom. The molecule has 1 heterocycles. The summed E-state index contributed by atoms with van der Waals surface area (Å²) in [5.41, 5.74) is -0.125. The topological polar surface area (TPSA) is 58.8 Å². The first kappa shape index (κ1) is 11.2. The highest BCUT2D eigenvalue weighted by Gasteiger charge is 2.27. The lowest BCUT2D eigenvalue weighted by atomic mass is 10.4. The number of rotatable bonds is 3. The second-order valence-corrected chi connectivity index (χ2v) is 2.54. The SMILES string of the molecule is N#Cc1nccnc1OCCC(F)(F)F. The molecular formula is C8H6F3N3O. The van der Waals surface area contributed by atoms with Gasteiger partial charge in [-0.1, -0.05) is 0 Å². The van der Waals surface area contributed by atoms with Gasteiger partial charge in [-0.25, -0.2) is 9.97 Å². The number of nitrogens with zero attached hydrogens (tertiary/aromatic N) is 3. The van der Waals surface area contributed by atoms with E-state index in [9.17, 15) is 13.2 Å². The molecule has 0 fully saturated rings. The van der Waals surface area contributed by atoms with E-state index in [1.807, 2.05) is 0 Å². The van der Waals surface area contributed by atoms with Crippen molar-refractivity contribution >= 4 is 0 Å². The Balaban J connectivity index is 2.55. The number of nitriles is 1. The normalized spacial score (nSPS) is 10.8. The third-order valence-electron chi connectivity index (χ3n) is 1.39. The fraction of sp³-hybridized carbons (Fsp3) is 0.375. The van der Waals surface area contributed by atoms with E-state index < -0.39 is 19.2 Å². The van der Waals surface area contributed by atoms with Crippen LogP contribution < -0.4 is 4.74 Å². The number of alkyl halides is 3. The van der Waals surface area contributed by atoms with Crippen LogP contribution in [0.3, 0.4) is 0 Å². The molecule has 0 atom stereocenters. The van der Waals surface area contributed by atoms with Gasteiger partial charge in [0.05, 0.1) is 13.0 Å². The Bertz CT molecular complexity index is 372. The van der Waals surface area contributed by atoms with Crippen molar-refractivity contribution in [1.29, 1.82) is 5.26 Å². The molecule has 1 aromatic rings. The molecular weight excluding hydrogens is 211 g/mol. The Morgan fingerprint density at radius 3 is 2.60 bits per heavy atom. The lowest BCUT2D eigenvalue weighted by molar-refractivity contribution is -0.139. The van der Waals surface area contributed by atoms with Crippen LogP contribution in [0.25, 0.3) is 0 Å². The van der Waals surface area contributed by atoms with Crippen molar-refractivity contribution in [3.05, 3.63) is 18.1 Å². The summed E-state index contributed by atoms with van der Waals surface area (Å²) in [6, 6.07) is 1.66. The molecule has 0 saturated heterocycles. The quantitative estimate of drug-likeness (QED) is 0.772. The molecule has 0 spiro atoms. The Kier molecular flexibility index (Phi) is 3.44. The van der Waals surface area contributed by atoms with Crippen molar-refractivity contribution in [2.24, 2.45) is 0 Å². The Labute approximate surface area is 83.3 Å². The highest BCUT2D eigenvalue weighted by molar-refractivity contribution is 5.29. The van der Waals surface area contributed by atoms with Crippen LogP contribution in [0.4, 0.5) is 13.2 Å². The maximum Gasteiger partial charge on any atom is 0.392 e. The zero-order valence-electron chi connectivity index (χ0n) is 7.45. The first-order valence-corrected chi connectivity index (χ1v) is 3.93. The van der Waals surface area contributed by atoms with Gasteiger partial charge in [0.25, 0.3) is 5.88 Å². The molecule has 0 N–H and O–H groups in total. The standard InChI is InChI=1S/C8H6F3N3O/c9-8(10,11)1-4-15-7-6(5-12)13-2-3-14-7/h2-3H,1,4H2. The summed E-state index contributed by atoms with van der Waals surface area (Å²) in [6.07, 6.45) is -2.87. The fourth-order valence-electron chi connectivity index (χ4n) is 0.771. The molecule has 4 nitrogen and oxygen atoms in total. The number of ether oxygens (including phenoxy) is 1. The molecule has 80 valence electrons. The monoisotopic (exact) mass is 217 g/mol. The number of hydrogen-bond acceptors (Lipinski definition) is 4. The lowest BCUT2D eigenvalue weighted by Gasteiger charge is -2.07. The van der Waals surface area contributed by atoms with Crippen LogP contribution in [0.2, 0.25) is 0 Å². The van der Waals surface area contributed by atoms with E-state index >= 15 is 0 Å². The van der Waals surface area contributed by atoms with Gasteiger partial charge in [-0.2, -0.15) is 18.4 Å². The highest BCUT2D eigenvalue weighted by Crippen LogP contribution is 2.20. The van der Waals surface area contributed by atoms with Crippen LogP contribution in [0.5, 0.6) is 5.88 Å². The van der Waals surface area contributed by atoms with Crippen molar-refractivity contribution in [3.63, 3.8) is 0 Å². The van der Waals surface area contributed by atoms with E-state index in [-0.39, 0.29) is 11.6 Å². The average Bonchev–Trinajstić information content (AvgIpc) is 2.16. The summed E-state index contributed by atoms with van der Waals surface area (Å²) in [7, 11) is 0. The molecule has 1 rings (SSSR count). The molecule has 0 aromatic carbocycles. The third kappa shape index (κ3) is 3.81. The molecule has 0 radical (unpaired) electrons. The smallest absolute Gasteiger partial charge is 0.392 e. The van der Waals surface area contributed by atoms with E-state index in [1.54, 1.807) is 6.07 Å². The molecule has 0 bridgehead atoms. The van der Waals surface area contributed by atoms with Crippen LogP contribution >= 0.6 is 0 Å². The van der Waals surface area contributed by atoms with Crippen molar-refractivity contribution in [2.75, 3.05) is 6.61 Å². The predicted octanol–water partition coefficient (Wildman–Crippen LogP) is 1.68. The maximum atomic E-state index is 11.8. The Morgan fingerprint density at radius 2 is 2.00 bits per heavy atom. The molecule has 0 unspecified atom stereocenters. The molecule has 15 heavy (non-hydrogen) atoms. The van der Waals surface area contributed by atoms with E-state index in [1.165, 1.54) is 12.4 Å². The second-order valence-electron chi connectivity index (χ2n) is 2.54. The molecule has 0 amide bonds. The van der Waals surface area contributed by atoms with Gasteiger partial charge in [0, 0.05) is 12.4 Å². The summed E-state index contributed by atoms with van der Waals surface area (Å²) < 4.78 is 40.0.